The van der Waals surface area contributed by atoms with E-state index in [2.05, 4.69) is 0 Å². The predicted octanol–water partition coefficient (Wildman–Crippen LogP) is 3.10. The van der Waals surface area contributed by atoms with Crippen LogP contribution in [0.2, 0.25) is 5.02 Å². The summed E-state index contributed by atoms with van der Waals surface area (Å²) in [6.45, 7) is 1.37. The predicted molar refractivity (Wildman–Crippen MR) is 80.4 cm³/mol. The van der Waals surface area contributed by atoms with E-state index in [0.29, 0.717) is 23.8 Å². The van der Waals surface area contributed by atoms with Crippen LogP contribution in [0.5, 0.6) is 0 Å². The first kappa shape index (κ1) is 14.8. The molecule has 0 N–H and O–H groups in total. The van der Waals surface area contributed by atoms with Crippen LogP contribution in [0.15, 0.2) is 24.3 Å². The zero-order chi connectivity index (χ0) is 14.9. The van der Waals surface area contributed by atoms with Crippen LogP contribution in [-0.4, -0.2) is 42.9 Å². The number of ether oxygens (including phenoxy) is 2. The van der Waals surface area contributed by atoms with E-state index in [1.165, 1.54) is 0 Å². The van der Waals surface area contributed by atoms with Gasteiger partial charge in [0.2, 0.25) is 0 Å². The second-order valence-electron chi connectivity index (χ2n) is 5.76. The highest BCUT2D eigenvalue weighted by molar-refractivity contribution is 6.30. The van der Waals surface area contributed by atoms with Crippen molar-refractivity contribution in [1.29, 1.82) is 0 Å². The van der Waals surface area contributed by atoms with Crippen molar-refractivity contribution < 1.29 is 14.3 Å². The van der Waals surface area contributed by atoms with E-state index in [4.69, 9.17) is 21.1 Å². The first-order valence-electron chi connectivity index (χ1n) is 7.40. The molecule has 21 heavy (non-hydrogen) atoms. The summed E-state index contributed by atoms with van der Waals surface area (Å²) in [5.41, 5.74) is 0.676. The number of hydrogen-bond acceptors (Lipinski definition) is 3. The van der Waals surface area contributed by atoms with Crippen LogP contribution < -0.4 is 0 Å². The third-order valence-corrected chi connectivity index (χ3v) is 4.74. The highest BCUT2D eigenvalue weighted by Crippen LogP contribution is 2.37. The summed E-state index contributed by atoms with van der Waals surface area (Å²) < 4.78 is 11.5. The second kappa shape index (κ2) is 5.95. The highest BCUT2D eigenvalue weighted by atomic mass is 35.5. The van der Waals surface area contributed by atoms with Crippen molar-refractivity contribution in [2.45, 2.75) is 37.5 Å². The van der Waals surface area contributed by atoms with Gasteiger partial charge in [0.25, 0.3) is 5.91 Å². The van der Waals surface area contributed by atoms with Crippen molar-refractivity contribution in [2.75, 3.05) is 20.3 Å². The van der Waals surface area contributed by atoms with Crippen LogP contribution in [0.1, 0.15) is 36.0 Å². The van der Waals surface area contributed by atoms with E-state index in [1.807, 2.05) is 11.9 Å². The van der Waals surface area contributed by atoms with Crippen molar-refractivity contribution in [1.82, 2.24) is 4.90 Å². The zero-order valence-electron chi connectivity index (χ0n) is 12.2. The lowest BCUT2D eigenvalue weighted by Gasteiger charge is -2.39. The first-order chi connectivity index (χ1) is 10.1. The second-order valence-corrected chi connectivity index (χ2v) is 6.20. The van der Waals surface area contributed by atoms with Gasteiger partial charge < -0.3 is 14.4 Å². The van der Waals surface area contributed by atoms with Gasteiger partial charge in [0.1, 0.15) is 0 Å². The third kappa shape index (κ3) is 3.07. The van der Waals surface area contributed by atoms with Crippen LogP contribution in [0, 0.1) is 0 Å². The number of hydrogen-bond donors (Lipinski definition) is 0. The van der Waals surface area contributed by atoms with Gasteiger partial charge in [0.15, 0.2) is 5.79 Å². The molecule has 1 aromatic carbocycles. The molecule has 1 heterocycles. The third-order valence-electron chi connectivity index (χ3n) is 4.49. The van der Waals surface area contributed by atoms with Gasteiger partial charge >= 0.3 is 0 Å². The molecule has 5 heteroatoms. The average molecular weight is 310 g/mol. The fourth-order valence-corrected chi connectivity index (χ4v) is 3.30. The van der Waals surface area contributed by atoms with E-state index in [-0.39, 0.29) is 17.7 Å². The number of carbonyl (C=O) groups is 1. The number of carbonyl (C=O) groups excluding carboxylic acids is 1. The average Bonchev–Trinajstić information content (AvgIpc) is 2.96. The van der Waals surface area contributed by atoms with Gasteiger partial charge in [-0.2, -0.15) is 0 Å². The lowest BCUT2D eigenvalue weighted by molar-refractivity contribution is -0.182. The summed E-state index contributed by atoms with van der Waals surface area (Å²) in [6.07, 6.45) is 3.54. The van der Waals surface area contributed by atoms with Crippen LogP contribution >= 0.6 is 11.6 Å². The normalized spacial score (nSPS) is 21.6. The molecular weight excluding hydrogens is 290 g/mol. The van der Waals surface area contributed by atoms with Gasteiger partial charge in [-0.1, -0.05) is 11.6 Å². The van der Waals surface area contributed by atoms with Gasteiger partial charge in [0, 0.05) is 36.5 Å². The van der Waals surface area contributed by atoms with Crippen LogP contribution in [0.3, 0.4) is 0 Å². The molecule has 2 fully saturated rings. The minimum atomic E-state index is -0.374. The summed E-state index contributed by atoms with van der Waals surface area (Å²) in [6, 6.07) is 7.28. The summed E-state index contributed by atoms with van der Waals surface area (Å²) in [5, 5.41) is 0.643. The molecule has 1 aromatic rings. The maximum absolute atomic E-state index is 12.5. The minimum Gasteiger partial charge on any atom is -0.348 e. The molecule has 1 spiro atoms. The zero-order valence-corrected chi connectivity index (χ0v) is 12.9. The number of halogens is 1. The van der Waals surface area contributed by atoms with Gasteiger partial charge in [-0.05, 0) is 37.1 Å². The summed E-state index contributed by atoms with van der Waals surface area (Å²) in [5.74, 6) is -0.332. The monoisotopic (exact) mass is 309 g/mol. The minimum absolute atomic E-state index is 0.0425. The Morgan fingerprint density at radius 3 is 2.33 bits per heavy atom. The standard InChI is InChI=1S/C16H20ClNO3/c1-18(15(19)12-2-4-13(17)5-3-12)14-6-8-16(9-7-14)20-10-11-21-16/h2-5,14H,6-11H2,1H3. The fraction of sp³-hybridized carbons (Fsp3) is 0.562. The molecule has 1 aliphatic heterocycles. The molecule has 4 nitrogen and oxygen atoms in total. The number of rotatable bonds is 2. The van der Waals surface area contributed by atoms with E-state index in [1.54, 1.807) is 24.3 Å². The molecule has 0 unspecified atom stereocenters. The molecule has 1 aliphatic carbocycles. The van der Waals surface area contributed by atoms with Crippen molar-refractivity contribution >= 4 is 17.5 Å². The molecule has 1 amide bonds. The van der Waals surface area contributed by atoms with Crippen molar-refractivity contribution in [3.8, 4) is 0 Å². The van der Waals surface area contributed by atoms with Crippen molar-refractivity contribution in [3.05, 3.63) is 34.9 Å². The molecule has 3 rings (SSSR count). The Labute approximate surface area is 130 Å². The van der Waals surface area contributed by atoms with E-state index in [0.717, 1.165) is 25.7 Å². The fourth-order valence-electron chi connectivity index (χ4n) is 3.18. The number of nitrogens with zero attached hydrogens (tertiary/aromatic N) is 1. The highest BCUT2D eigenvalue weighted by Gasteiger charge is 2.41. The van der Waals surface area contributed by atoms with Crippen molar-refractivity contribution in [3.63, 3.8) is 0 Å². The summed E-state index contributed by atoms with van der Waals surface area (Å²) >= 11 is 5.86. The van der Waals surface area contributed by atoms with E-state index < -0.39 is 0 Å². The number of benzene rings is 1. The molecule has 0 bridgehead atoms. The molecule has 0 atom stereocenters. The number of amides is 1. The Hall–Kier alpha value is -1.10. The van der Waals surface area contributed by atoms with Crippen LogP contribution in [0.4, 0.5) is 0 Å². The largest absolute Gasteiger partial charge is 0.348 e. The smallest absolute Gasteiger partial charge is 0.253 e. The molecule has 2 aliphatic rings. The molecule has 0 radical (unpaired) electrons. The quantitative estimate of drug-likeness (QED) is 0.842. The maximum Gasteiger partial charge on any atom is 0.253 e. The SMILES string of the molecule is CN(C(=O)c1ccc(Cl)cc1)C1CCC2(CC1)OCCO2. The Bertz CT molecular complexity index is 501. The molecule has 1 saturated heterocycles. The van der Waals surface area contributed by atoms with Crippen LogP contribution in [-0.2, 0) is 9.47 Å². The Balaban J connectivity index is 1.62. The van der Waals surface area contributed by atoms with E-state index in [9.17, 15) is 4.79 Å². The molecule has 114 valence electrons. The summed E-state index contributed by atoms with van der Waals surface area (Å²) in [7, 11) is 1.87. The lowest BCUT2D eigenvalue weighted by atomic mass is 9.89. The maximum atomic E-state index is 12.5. The van der Waals surface area contributed by atoms with Crippen LogP contribution in [0.25, 0.3) is 0 Å². The van der Waals surface area contributed by atoms with E-state index >= 15 is 0 Å². The van der Waals surface area contributed by atoms with Crippen molar-refractivity contribution in [2.24, 2.45) is 0 Å². The Kier molecular flexibility index (Phi) is 4.20. The Morgan fingerprint density at radius 1 is 1.19 bits per heavy atom. The Morgan fingerprint density at radius 2 is 1.76 bits per heavy atom. The molecule has 1 saturated carbocycles. The topological polar surface area (TPSA) is 38.8 Å². The lowest BCUT2D eigenvalue weighted by Crippen LogP contribution is -2.44. The molecule has 0 aromatic heterocycles. The first-order valence-corrected chi connectivity index (χ1v) is 7.78. The summed E-state index contributed by atoms with van der Waals surface area (Å²) in [4.78, 5) is 14.3. The van der Waals surface area contributed by atoms with Gasteiger partial charge in [0.05, 0.1) is 13.2 Å². The van der Waals surface area contributed by atoms with Gasteiger partial charge in [-0.25, -0.2) is 0 Å². The van der Waals surface area contributed by atoms with Gasteiger partial charge in [-0.3, -0.25) is 4.79 Å². The molecular formula is C16H20ClNO3. The van der Waals surface area contributed by atoms with Gasteiger partial charge in [-0.15, -0.1) is 0 Å².